The summed E-state index contributed by atoms with van der Waals surface area (Å²) in [7, 11) is 1.45. The predicted molar refractivity (Wildman–Crippen MR) is 82.0 cm³/mol. The standard InChI is InChI=1S/C13H13BrN6O/c1-21-13-19-10(11(16)17)12(18)20(13)6-7-2-3-9(14)4-8(7)5-15/h2-4,18H,6,16-17H2,1H3. The third-order valence-electron chi connectivity index (χ3n) is 2.91. The van der Waals surface area contributed by atoms with E-state index in [1.165, 1.54) is 12.0 Å². The highest BCUT2D eigenvalue weighted by Crippen LogP contribution is 2.22. The Hall–Kier alpha value is -2.53. The first-order valence-electron chi connectivity index (χ1n) is 5.90. The fourth-order valence-electron chi connectivity index (χ4n) is 1.90. The highest BCUT2D eigenvalue weighted by atomic mass is 79.9. The van der Waals surface area contributed by atoms with Crippen LogP contribution < -0.4 is 11.5 Å². The monoisotopic (exact) mass is 348 g/mol. The second kappa shape index (κ2) is 5.85. The molecule has 0 radical (unpaired) electrons. The van der Waals surface area contributed by atoms with Crippen LogP contribution in [0.15, 0.2) is 39.2 Å². The zero-order chi connectivity index (χ0) is 15.6. The average molecular weight is 349 g/mol. The number of halogens is 1. The second-order valence-corrected chi connectivity index (χ2v) is 5.17. The molecule has 0 bridgehead atoms. The van der Waals surface area contributed by atoms with E-state index in [9.17, 15) is 5.26 Å². The van der Waals surface area contributed by atoms with Gasteiger partial charge < -0.3 is 16.2 Å². The van der Waals surface area contributed by atoms with Crippen LogP contribution >= 0.6 is 15.9 Å². The fourth-order valence-corrected chi connectivity index (χ4v) is 2.26. The van der Waals surface area contributed by atoms with Crippen LogP contribution in [0, 0.1) is 16.7 Å². The van der Waals surface area contributed by atoms with Gasteiger partial charge in [-0.15, -0.1) is 0 Å². The van der Waals surface area contributed by atoms with Gasteiger partial charge in [-0.25, -0.2) is 0 Å². The molecular formula is C13H13BrN6O. The summed E-state index contributed by atoms with van der Waals surface area (Å²) in [5.41, 5.74) is 12.4. The Morgan fingerprint density at radius 1 is 1.52 bits per heavy atom. The summed E-state index contributed by atoms with van der Waals surface area (Å²) in [5, 5.41) is 17.3. The molecule has 0 fully saturated rings. The molecule has 1 aromatic rings. The van der Waals surface area contributed by atoms with E-state index in [2.05, 4.69) is 27.0 Å². The van der Waals surface area contributed by atoms with Crippen molar-refractivity contribution < 1.29 is 4.74 Å². The first kappa shape index (κ1) is 14.9. The molecular weight excluding hydrogens is 336 g/mol. The Bertz CT molecular complexity index is 699. The number of nitrogens with one attached hydrogen (secondary N) is 1. The van der Waals surface area contributed by atoms with Crippen molar-refractivity contribution in [2.45, 2.75) is 6.54 Å². The molecule has 108 valence electrons. The number of nitrogens with two attached hydrogens (primary N) is 2. The van der Waals surface area contributed by atoms with Crippen LogP contribution in [0.4, 0.5) is 0 Å². The van der Waals surface area contributed by atoms with E-state index in [0.29, 0.717) is 5.56 Å². The second-order valence-electron chi connectivity index (χ2n) is 4.25. The quantitative estimate of drug-likeness (QED) is 0.740. The molecule has 7 nitrogen and oxygen atoms in total. The number of nitrogens with zero attached hydrogens (tertiary/aromatic N) is 3. The first-order valence-corrected chi connectivity index (χ1v) is 6.70. The lowest BCUT2D eigenvalue weighted by atomic mass is 10.1. The largest absolute Gasteiger partial charge is 0.468 e. The smallest absolute Gasteiger partial charge is 0.298 e. The van der Waals surface area contributed by atoms with E-state index >= 15 is 0 Å². The van der Waals surface area contributed by atoms with Crippen molar-refractivity contribution in [1.82, 2.24) is 4.90 Å². The molecule has 0 amide bonds. The van der Waals surface area contributed by atoms with Crippen molar-refractivity contribution in [3.63, 3.8) is 0 Å². The molecule has 21 heavy (non-hydrogen) atoms. The Kier molecular flexibility index (Phi) is 4.14. The Morgan fingerprint density at radius 3 is 2.81 bits per heavy atom. The molecule has 0 spiro atoms. The summed E-state index contributed by atoms with van der Waals surface area (Å²) in [6.07, 6.45) is 0. The summed E-state index contributed by atoms with van der Waals surface area (Å²) >= 11 is 3.32. The molecule has 0 saturated heterocycles. The maximum absolute atomic E-state index is 9.19. The summed E-state index contributed by atoms with van der Waals surface area (Å²) in [4.78, 5) is 5.57. The van der Waals surface area contributed by atoms with Gasteiger partial charge >= 0.3 is 0 Å². The zero-order valence-electron chi connectivity index (χ0n) is 11.2. The van der Waals surface area contributed by atoms with E-state index in [1.807, 2.05) is 6.07 Å². The lowest BCUT2D eigenvalue weighted by Gasteiger charge is -2.19. The van der Waals surface area contributed by atoms with Crippen LogP contribution in [-0.4, -0.2) is 23.9 Å². The third kappa shape index (κ3) is 2.83. The number of ether oxygens (including phenoxy) is 1. The SMILES string of the molecule is COC1=NC(=C(N)N)C(=N)N1Cc1ccc(Br)cc1C#N. The van der Waals surface area contributed by atoms with Crippen LogP contribution in [0.2, 0.25) is 0 Å². The van der Waals surface area contributed by atoms with Gasteiger partial charge in [-0.3, -0.25) is 10.3 Å². The van der Waals surface area contributed by atoms with E-state index in [4.69, 9.17) is 21.6 Å². The zero-order valence-corrected chi connectivity index (χ0v) is 12.8. The number of hydrogen-bond acceptors (Lipinski definition) is 6. The van der Waals surface area contributed by atoms with E-state index in [1.54, 1.807) is 12.1 Å². The lowest BCUT2D eigenvalue weighted by Crippen LogP contribution is -2.33. The molecule has 0 unspecified atom stereocenters. The van der Waals surface area contributed by atoms with Gasteiger partial charge in [-0.05, 0) is 17.7 Å². The normalized spacial score (nSPS) is 14.0. The van der Waals surface area contributed by atoms with Gasteiger partial charge in [0.25, 0.3) is 6.02 Å². The summed E-state index contributed by atoms with van der Waals surface area (Å²) < 4.78 is 5.95. The number of aliphatic imine (C=N–C) groups is 1. The number of hydrogen-bond donors (Lipinski definition) is 3. The number of benzene rings is 1. The molecule has 0 aromatic heterocycles. The van der Waals surface area contributed by atoms with Crippen molar-refractivity contribution in [1.29, 1.82) is 10.7 Å². The Labute approximate surface area is 130 Å². The van der Waals surface area contributed by atoms with E-state index in [0.717, 1.165) is 10.0 Å². The van der Waals surface area contributed by atoms with Crippen molar-refractivity contribution >= 4 is 27.8 Å². The third-order valence-corrected chi connectivity index (χ3v) is 3.40. The van der Waals surface area contributed by atoms with Gasteiger partial charge in [0, 0.05) is 4.47 Å². The van der Waals surface area contributed by atoms with Crippen molar-refractivity contribution in [3.8, 4) is 6.07 Å². The predicted octanol–water partition coefficient (Wildman–Crippen LogP) is 1.20. The fraction of sp³-hybridized carbons (Fsp3) is 0.154. The molecule has 1 aromatic carbocycles. The Balaban J connectivity index is 2.37. The molecule has 1 heterocycles. The number of amidine groups is 2. The van der Waals surface area contributed by atoms with Crippen LogP contribution in [0.5, 0.6) is 0 Å². The van der Waals surface area contributed by atoms with Gasteiger partial charge in [0.2, 0.25) is 0 Å². The molecule has 1 aliphatic heterocycles. The van der Waals surface area contributed by atoms with Gasteiger partial charge in [-0.1, -0.05) is 22.0 Å². The van der Waals surface area contributed by atoms with Crippen LogP contribution in [-0.2, 0) is 11.3 Å². The average Bonchev–Trinajstić information content (AvgIpc) is 2.77. The van der Waals surface area contributed by atoms with Crippen molar-refractivity contribution in [2.24, 2.45) is 16.5 Å². The first-order chi connectivity index (χ1) is 9.97. The minimum absolute atomic E-state index is 0.0404. The molecule has 5 N–H and O–H groups in total. The number of rotatable bonds is 2. The highest BCUT2D eigenvalue weighted by Gasteiger charge is 2.30. The van der Waals surface area contributed by atoms with Crippen molar-refractivity contribution in [3.05, 3.63) is 45.3 Å². The summed E-state index contributed by atoms with van der Waals surface area (Å²) in [5.74, 6) is -0.00739. The molecule has 1 aliphatic rings. The minimum atomic E-state index is -0.0478. The van der Waals surface area contributed by atoms with Crippen LogP contribution in [0.1, 0.15) is 11.1 Å². The Morgan fingerprint density at radius 2 is 2.24 bits per heavy atom. The highest BCUT2D eigenvalue weighted by molar-refractivity contribution is 9.10. The van der Waals surface area contributed by atoms with E-state index < -0.39 is 0 Å². The maximum atomic E-state index is 9.19. The topological polar surface area (TPSA) is 125 Å². The van der Waals surface area contributed by atoms with Gasteiger partial charge in [0.1, 0.15) is 5.82 Å². The van der Waals surface area contributed by atoms with Crippen molar-refractivity contribution in [2.75, 3.05) is 7.11 Å². The van der Waals surface area contributed by atoms with Gasteiger partial charge in [0.05, 0.1) is 25.3 Å². The summed E-state index contributed by atoms with van der Waals surface area (Å²) in [6.45, 7) is 0.262. The molecule has 0 saturated carbocycles. The maximum Gasteiger partial charge on any atom is 0.298 e. The minimum Gasteiger partial charge on any atom is -0.468 e. The van der Waals surface area contributed by atoms with E-state index in [-0.39, 0.29) is 29.9 Å². The molecule has 0 atom stereocenters. The number of nitriles is 1. The number of methoxy groups -OCH3 is 1. The van der Waals surface area contributed by atoms with Crippen LogP contribution in [0.3, 0.4) is 0 Å². The summed E-state index contributed by atoms with van der Waals surface area (Å²) in [6, 6.07) is 7.68. The molecule has 2 rings (SSSR count). The molecule has 8 heteroatoms. The molecule has 0 aliphatic carbocycles. The van der Waals surface area contributed by atoms with Crippen LogP contribution in [0.25, 0.3) is 0 Å². The lowest BCUT2D eigenvalue weighted by molar-refractivity contribution is 0.339. The van der Waals surface area contributed by atoms with Gasteiger partial charge in [0.15, 0.2) is 11.5 Å². The van der Waals surface area contributed by atoms with Gasteiger partial charge in [-0.2, -0.15) is 10.3 Å².